The monoisotopic (exact) mass is 353 g/mol. The minimum atomic E-state index is -0.363. The highest BCUT2D eigenvalue weighted by atomic mass is 79.9. The molecule has 0 aliphatic heterocycles. The molecule has 2 rings (SSSR count). The minimum Gasteiger partial charge on any atom is -0.462 e. The van der Waals surface area contributed by atoms with Crippen LogP contribution in [0.15, 0.2) is 28.7 Å². The van der Waals surface area contributed by atoms with E-state index < -0.39 is 0 Å². The molecule has 0 saturated heterocycles. The van der Waals surface area contributed by atoms with E-state index in [1.165, 1.54) is 12.1 Å². The van der Waals surface area contributed by atoms with Crippen molar-refractivity contribution in [2.45, 2.75) is 26.7 Å². The van der Waals surface area contributed by atoms with Crippen molar-refractivity contribution in [2.75, 3.05) is 6.61 Å². The second-order valence-corrected chi connectivity index (χ2v) is 5.78. The SMILES string of the molecule is CCOC(=O)c1c(C(C)C)[nH]c(-c2ccc(F)cc2)c1Br. The average Bonchev–Trinajstić information content (AvgIpc) is 2.78. The lowest BCUT2D eigenvalue weighted by molar-refractivity contribution is 0.0524. The van der Waals surface area contributed by atoms with E-state index in [9.17, 15) is 9.18 Å². The Bertz CT molecular complexity index is 647. The molecule has 0 radical (unpaired) electrons. The molecule has 1 N–H and O–H groups in total. The number of nitrogens with one attached hydrogen (secondary N) is 1. The van der Waals surface area contributed by atoms with Crippen molar-refractivity contribution in [1.29, 1.82) is 0 Å². The Balaban J connectivity index is 2.56. The zero-order valence-electron chi connectivity index (χ0n) is 12.2. The molecular weight excluding hydrogens is 337 g/mol. The van der Waals surface area contributed by atoms with Crippen LogP contribution in [0.2, 0.25) is 0 Å². The fourth-order valence-corrected chi connectivity index (χ4v) is 2.85. The number of carbonyl (C=O) groups is 1. The van der Waals surface area contributed by atoms with Crippen molar-refractivity contribution in [3.8, 4) is 11.3 Å². The van der Waals surface area contributed by atoms with Gasteiger partial charge in [-0.3, -0.25) is 0 Å². The summed E-state index contributed by atoms with van der Waals surface area (Å²) in [6.07, 6.45) is 0. The molecule has 1 aromatic carbocycles. The van der Waals surface area contributed by atoms with Crippen LogP contribution in [0.1, 0.15) is 42.7 Å². The standard InChI is InChI=1S/C16H17BrFNO2/c1-4-21-16(20)12-13(17)15(19-14(12)9(2)3)10-5-7-11(18)8-6-10/h5-9,19H,4H2,1-3H3. The molecule has 0 saturated carbocycles. The van der Waals surface area contributed by atoms with Crippen LogP contribution in [0.25, 0.3) is 11.3 Å². The molecule has 0 atom stereocenters. The molecule has 0 aliphatic carbocycles. The summed E-state index contributed by atoms with van der Waals surface area (Å²) in [6.45, 7) is 6.08. The first-order valence-electron chi connectivity index (χ1n) is 6.80. The fraction of sp³-hybridized carbons (Fsp3) is 0.312. The van der Waals surface area contributed by atoms with Gasteiger partial charge in [0.05, 0.1) is 22.3 Å². The molecule has 0 bridgehead atoms. The van der Waals surface area contributed by atoms with E-state index in [-0.39, 0.29) is 17.7 Å². The highest BCUT2D eigenvalue weighted by Gasteiger charge is 2.24. The van der Waals surface area contributed by atoms with Crippen LogP contribution in [0.5, 0.6) is 0 Å². The summed E-state index contributed by atoms with van der Waals surface area (Å²) < 4.78 is 18.8. The lowest BCUT2D eigenvalue weighted by Gasteiger charge is -2.06. The Labute approximate surface area is 131 Å². The average molecular weight is 354 g/mol. The Kier molecular flexibility index (Phi) is 4.83. The second-order valence-electron chi connectivity index (χ2n) is 4.98. The molecule has 0 spiro atoms. The summed E-state index contributed by atoms with van der Waals surface area (Å²) in [7, 11) is 0. The van der Waals surface area contributed by atoms with E-state index >= 15 is 0 Å². The van der Waals surface area contributed by atoms with Gasteiger partial charge in [0.1, 0.15) is 5.82 Å². The van der Waals surface area contributed by atoms with Crippen LogP contribution < -0.4 is 0 Å². The molecule has 112 valence electrons. The number of ether oxygens (including phenoxy) is 1. The number of carbonyl (C=O) groups excluding carboxylic acids is 1. The van der Waals surface area contributed by atoms with Crippen molar-refractivity contribution in [3.05, 3.63) is 45.8 Å². The van der Waals surface area contributed by atoms with Gasteiger partial charge in [-0.2, -0.15) is 0 Å². The van der Waals surface area contributed by atoms with Gasteiger partial charge in [0, 0.05) is 5.69 Å². The van der Waals surface area contributed by atoms with Crippen LogP contribution in [0.3, 0.4) is 0 Å². The topological polar surface area (TPSA) is 42.1 Å². The molecule has 1 aromatic heterocycles. The minimum absolute atomic E-state index is 0.134. The molecule has 0 aliphatic rings. The van der Waals surface area contributed by atoms with Gasteiger partial charge in [-0.25, -0.2) is 9.18 Å². The van der Waals surface area contributed by atoms with Crippen LogP contribution in [-0.4, -0.2) is 17.6 Å². The summed E-state index contributed by atoms with van der Waals surface area (Å²) in [5.41, 5.74) is 2.87. The van der Waals surface area contributed by atoms with Crippen molar-refractivity contribution in [2.24, 2.45) is 0 Å². The number of rotatable bonds is 4. The molecule has 5 heteroatoms. The lowest BCUT2D eigenvalue weighted by atomic mass is 10.1. The quantitative estimate of drug-likeness (QED) is 0.795. The fourth-order valence-electron chi connectivity index (χ4n) is 2.15. The van der Waals surface area contributed by atoms with E-state index in [0.717, 1.165) is 17.0 Å². The van der Waals surface area contributed by atoms with Gasteiger partial charge in [0.15, 0.2) is 0 Å². The van der Waals surface area contributed by atoms with Crippen molar-refractivity contribution >= 4 is 21.9 Å². The number of esters is 1. The first-order valence-corrected chi connectivity index (χ1v) is 7.59. The molecule has 21 heavy (non-hydrogen) atoms. The van der Waals surface area contributed by atoms with Crippen LogP contribution in [-0.2, 0) is 4.74 Å². The first kappa shape index (κ1) is 15.8. The molecule has 3 nitrogen and oxygen atoms in total. The highest BCUT2D eigenvalue weighted by molar-refractivity contribution is 9.10. The van der Waals surface area contributed by atoms with Crippen molar-refractivity contribution in [1.82, 2.24) is 4.98 Å². The van der Waals surface area contributed by atoms with Gasteiger partial charge >= 0.3 is 5.97 Å². The van der Waals surface area contributed by atoms with Gasteiger partial charge in [0.2, 0.25) is 0 Å². The number of halogens is 2. The maximum atomic E-state index is 13.0. The normalized spacial score (nSPS) is 11.0. The molecule has 0 unspecified atom stereocenters. The van der Waals surface area contributed by atoms with Gasteiger partial charge in [-0.15, -0.1) is 0 Å². The van der Waals surface area contributed by atoms with Gasteiger partial charge in [-0.1, -0.05) is 13.8 Å². The largest absolute Gasteiger partial charge is 0.462 e. The van der Waals surface area contributed by atoms with Gasteiger partial charge < -0.3 is 9.72 Å². The van der Waals surface area contributed by atoms with Crippen molar-refractivity contribution < 1.29 is 13.9 Å². The Hall–Kier alpha value is -1.62. The second kappa shape index (κ2) is 6.43. The number of hydrogen-bond acceptors (Lipinski definition) is 2. The predicted molar refractivity (Wildman–Crippen MR) is 83.9 cm³/mol. The van der Waals surface area contributed by atoms with Crippen LogP contribution in [0.4, 0.5) is 4.39 Å². The van der Waals surface area contributed by atoms with E-state index in [4.69, 9.17) is 4.74 Å². The van der Waals surface area contributed by atoms with E-state index in [0.29, 0.717) is 16.6 Å². The molecule has 2 aromatic rings. The molecule has 0 fully saturated rings. The number of benzene rings is 1. The van der Waals surface area contributed by atoms with Crippen LogP contribution >= 0.6 is 15.9 Å². The van der Waals surface area contributed by atoms with E-state index in [1.54, 1.807) is 19.1 Å². The predicted octanol–water partition coefficient (Wildman–Crippen LogP) is 4.88. The Morgan fingerprint density at radius 2 is 1.95 bits per heavy atom. The summed E-state index contributed by atoms with van der Waals surface area (Å²) in [5.74, 6) is -0.524. The van der Waals surface area contributed by atoms with Crippen molar-refractivity contribution in [3.63, 3.8) is 0 Å². The highest BCUT2D eigenvalue weighted by Crippen LogP contribution is 2.36. The molecule has 0 amide bonds. The summed E-state index contributed by atoms with van der Waals surface area (Å²) in [4.78, 5) is 15.4. The zero-order valence-corrected chi connectivity index (χ0v) is 13.8. The maximum Gasteiger partial charge on any atom is 0.341 e. The number of aromatic amines is 1. The third kappa shape index (κ3) is 3.18. The van der Waals surface area contributed by atoms with E-state index in [2.05, 4.69) is 20.9 Å². The summed E-state index contributed by atoms with van der Waals surface area (Å²) >= 11 is 3.47. The Morgan fingerprint density at radius 3 is 2.48 bits per heavy atom. The smallest absolute Gasteiger partial charge is 0.341 e. The molecule has 1 heterocycles. The third-order valence-electron chi connectivity index (χ3n) is 3.16. The van der Waals surface area contributed by atoms with Crippen LogP contribution in [0, 0.1) is 5.82 Å². The third-order valence-corrected chi connectivity index (χ3v) is 3.95. The summed E-state index contributed by atoms with van der Waals surface area (Å²) in [6, 6.07) is 6.12. The number of aromatic nitrogens is 1. The number of H-pyrrole nitrogens is 1. The first-order chi connectivity index (χ1) is 9.95. The van der Waals surface area contributed by atoms with Gasteiger partial charge in [0.25, 0.3) is 0 Å². The number of hydrogen-bond donors (Lipinski definition) is 1. The Morgan fingerprint density at radius 1 is 1.33 bits per heavy atom. The summed E-state index contributed by atoms with van der Waals surface area (Å²) in [5, 5.41) is 0. The zero-order chi connectivity index (χ0) is 15.6. The van der Waals surface area contributed by atoms with Gasteiger partial charge in [-0.05, 0) is 58.6 Å². The van der Waals surface area contributed by atoms with E-state index in [1.807, 2.05) is 13.8 Å². The molecular formula is C16H17BrFNO2. The lowest BCUT2D eigenvalue weighted by Crippen LogP contribution is -2.08. The maximum absolute atomic E-state index is 13.0.